The lowest BCUT2D eigenvalue weighted by Crippen LogP contribution is -2.03. The number of hydrogen-bond donors (Lipinski definition) is 1. The van der Waals surface area contributed by atoms with Gasteiger partial charge in [-0.25, -0.2) is 9.18 Å². The summed E-state index contributed by atoms with van der Waals surface area (Å²) in [6, 6.07) is 10.4. The van der Waals surface area contributed by atoms with E-state index in [1.165, 1.54) is 12.1 Å². The van der Waals surface area contributed by atoms with Gasteiger partial charge in [-0.2, -0.15) is 0 Å². The molecule has 0 heterocycles. The van der Waals surface area contributed by atoms with Crippen molar-refractivity contribution in [2.45, 2.75) is 6.92 Å². The minimum atomic E-state index is -0.510. The van der Waals surface area contributed by atoms with Crippen LogP contribution in [0.3, 0.4) is 0 Å². The van der Waals surface area contributed by atoms with Gasteiger partial charge in [-0.05, 0) is 42.3 Å². The molecule has 0 saturated carbocycles. The molecule has 0 atom stereocenters. The molecule has 19 heavy (non-hydrogen) atoms. The summed E-state index contributed by atoms with van der Waals surface area (Å²) in [6.45, 7) is 2.06. The van der Waals surface area contributed by atoms with Gasteiger partial charge in [0.2, 0.25) is 0 Å². The van der Waals surface area contributed by atoms with Gasteiger partial charge in [0.1, 0.15) is 11.6 Å². The Kier molecular flexibility index (Phi) is 3.80. The van der Waals surface area contributed by atoms with E-state index in [2.05, 4.69) is 0 Å². The average molecular weight is 260 g/mol. The van der Waals surface area contributed by atoms with E-state index in [4.69, 9.17) is 4.74 Å². The average Bonchev–Trinajstić information content (AvgIpc) is 2.38. The van der Waals surface area contributed by atoms with E-state index in [1.807, 2.05) is 0 Å². The van der Waals surface area contributed by atoms with Crippen molar-refractivity contribution in [3.63, 3.8) is 0 Å². The fraction of sp³-hybridized carbons (Fsp3) is 0.133. The van der Waals surface area contributed by atoms with E-state index in [9.17, 15) is 14.3 Å². The Morgan fingerprint density at radius 3 is 2.42 bits per heavy atom. The fourth-order valence-corrected chi connectivity index (χ4v) is 1.75. The highest BCUT2D eigenvalue weighted by molar-refractivity contribution is 5.90. The number of rotatable bonds is 3. The summed E-state index contributed by atoms with van der Waals surface area (Å²) in [6.07, 6.45) is 0. The lowest BCUT2D eigenvalue weighted by molar-refractivity contribution is 0.0526. The third kappa shape index (κ3) is 3.10. The van der Waals surface area contributed by atoms with Crippen molar-refractivity contribution in [2.24, 2.45) is 0 Å². The van der Waals surface area contributed by atoms with Gasteiger partial charge >= 0.3 is 5.97 Å². The highest BCUT2D eigenvalue weighted by atomic mass is 19.1. The fourth-order valence-electron chi connectivity index (χ4n) is 1.75. The summed E-state index contributed by atoms with van der Waals surface area (Å²) in [5.41, 5.74) is 1.70. The Balaban J connectivity index is 2.29. The van der Waals surface area contributed by atoms with Crippen LogP contribution in [0.1, 0.15) is 17.3 Å². The molecule has 2 rings (SSSR count). The second-order valence-electron chi connectivity index (χ2n) is 4.00. The van der Waals surface area contributed by atoms with Gasteiger partial charge < -0.3 is 9.84 Å². The van der Waals surface area contributed by atoms with Crippen LogP contribution in [0, 0.1) is 5.82 Å². The van der Waals surface area contributed by atoms with Gasteiger partial charge in [0, 0.05) is 6.07 Å². The molecule has 4 heteroatoms. The van der Waals surface area contributed by atoms with Crippen molar-refractivity contribution in [3.05, 3.63) is 53.8 Å². The van der Waals surface area contributed by atoms with Gasteiger partial charge in [-0.3, -0.25) is 0 Å². The lowest BCUT2D eigenvalue weighted by Gasteiger charge is -2.05. The predicted octanol–water partition coefficient (Wildman–Crippen LogP) is 3.38. The van der Waals surface area contributed by atoms with Crippen molar-refractivity contribution in [1.29, 1.82) is 0 Å². The SMILES string of the molecule is CCOC(=O)c1ccc(-c2cc(O)cc(F)c2)cc1. The van der Waals surface area contributed by atoms with Crippen LogP contribution in [0.25, 0.3) is 11.1 Å². The summed E-state index contributed by atoms with van der Waals surface area (Å²) < 4.78 is 18.1. The molecule has 0 aliphatic heterocycles. The highest BCUT2D eigenvalue weighted by Crippen LogP contribution is 2.25. The molecule has 0 radical (unpaired) electrons. The van der Waals surface area contributed by atoms with E-state index in [0.29, 0.717) is 23.3 Å². The molecule has 0 unspecified atom stereocenters. The van der Waals surface area contributed by atoms with Crippen molar-refractivity contribution in [3.8, 4) is 16.9 Å². The number of aromatic hydroxyl groups is 1. The number of phenolic OH excluding ortho intramolecular Hbond substituents is 1. The zero-order chi connectivity index (χ0) is 13.8. The number of esters is 1. The number of phenols is 1. The Morgan fingerprint density at radius 1 is 1.16 bits per heavy atom. The standard InChI is InChI=1S/C15H13FO3/c1-2-19-15(18)11-5-3-10(4-6-11)12-7-13(16)9-14(17)8-12/h3-9,17H,2H2,1H3. The van der Waals surface area contributed by atoms with Crippen molar-refractivity contribution >= 4 is 5.97 Å². The molecule has 2 aromatic rings. The van der Waals surface area contributed by atoms with Crippen molar-refractivity contribution in [2.75, 3.05) is 6.61 Å². The zero-order valence-electron chi connectivity index (χ0n) is 10.4. The molecule has 0 spiro atoms. The maximum Gasteiger partial charge on any atom is 0.338 e. The molecule has 2 aromatic carbocycles. The minimum Gasteiger partial charge on any atom is -0.508 e. The summed E-state index contributed by atoms with van der Waals surface area (Å²) in [5, 5.41) is 9.35. The molecule has 3 nitrogen and oxygen atoms in total. The molecule has 0 fully saturated rings. The summed E-state index contributed by atoms with van der Waals surface area (Å²) in [5.74, 6) is -1.04. The van der Waals surface area contributed by atoms with Gasteiger partial charge in [-0.1, -0.05) is 12.1 Å². The first-order chi connectivity index (χ1) is 9.10. The third-order valence-electron chi connectivity index (χ3n) is 2.61. The van der Waals surface area contributed by atoms with Crippen LogP contribution in [0.4, 0.5) is 4.39 Å². The summed E-state index contributed by atoms with van der Waals surface area (Å²) in [7, 11) is 0. The van der Waals surface area contributed by atoms with E-state index in [1.54, 1.807) is 31.2 Å². The third-order valence-corrected chi connectivity index (χ3v) is 2.61. The number of ether oxygens (including phenoxy) is 1. The molecule has 98 valence electrons. The number of carbonyl (C=O) groups excluding carboxylic acids is 1. The van der Waals surface area contributed by atoms with Gasteiger partial charge in [0.05, 0.1) is 12.2 Å². The Hall–Kier alpha value is -2.36. The van der Waals surface area contributed by atoms with Gasteiger partial charge in [0.15, 0.2) is 0 Å². The monoisotopic (exact) mass is 260 g/mol. The van der Waals surface area contributed by atoms with Crippen LogP contribution in [0.15, 0.2) is 42.5 Å². The molecule has 0 aliphatic carbocycles. The Bertz CT molecular complexity index is 571. The first-order valence-corrected chi connectivity index (χ1v) is 5.87. The number of hydrogen-bond acceptors (Lipinski definition) is 3. The van der Waals surface area contributed by atoms with Crippen LogP contribution in [0.2, 0.25) is 0 Å². The largest absolute Gasteiger partial charge is 0.508 e. The van der Waals surface area contributed by atoms with E-state index in [0.717, 1.165) is 6.07 Å². The van der Waals surface area contributed by atoms with E-state index in [-0.39, 0.29) is 5.75 Å². The topological polar surface area (TPSA) is 46.5 Å². The van der Waals surface area contributed by atoms with Crippen molar-refractivity contribution < 1.29 is 19.0 Å². The first kappa shape index (κ1) is 13.1. The summed E-state index contributed by atoms with van der Waals surface area (Å²) in [4.78, 5) is 11.5. The molecule has 0 bridgehead atoms. The van der Waals surface area contributed by atoms with Crippen LogP contribution < -0.4 is 0 Å². The number of benzene rings is 2. The second kappa shape index (κ2) is 5.52. The number of carbonyl (C=O) groups is 1. The molecular weight excluding hydrogens is 247 g/mol. The minimum absolute atomic E-state index is 0.135. The van der Waals surface area contributed by atoms with E-state index >= 15 is 0 Å². The molecule has 0 aliphatic rings. The normalized spacial score (nSPS) is 10.2. The van der Waals surface area contributed by atoms with Crippen molar-refractivity contribution in [1.82, 2.24) is 0 Å². The maximum atomic E-state index is 13.2. The lowest BCUT2D eigenvalue weighted by atomic mass is 10.0. The van der Waals surface area contributed by atoms with Gasteiger partial charge in [-0.15, -0.1) is 0 Å². The van der Waals surface area contributed by atoms with Crippen LogP contribution in [-0.4, -0.2) is 17.7 Å². The predicted molar refractivity (Wildman–Crippen MR) is 69.5 cm³/mol. The number of halogens is 1. The van der Waals surface area contributed by atoms with Crippen LogP contribution in [0.5, 0.6) is 5.75 Å². The summed E-state index contributed by atoms with van der Waals surface area (Å²) >= 11 is 0. The molecule has 1 N–H and O–H groups in total. The van der Waals surface area contributed by atoms with Gasteiger partial charge in [0.25, 0.3) is 0 Å². The smallest absolute Gasteiger partial charge is 0.338 e. The second-order valence-corrected chi connectivity index (χ2v) is 4.00. The molecule has 0 amide bonds. The highest BCUT2D eigenvalue weighted by Gasteiger charge is 2.07. The molecule has 0 saturated heterocycles. The van der Waals surface area contributed by atoms with Crippen LogP contribution in [-0.2, 0) is 4.74 Å². The Labute approximate surface area is 110 Å². The molecular formula is C15H13FO3. The van der Waals surface area contributed by atoms with E-state index < -0.39 is 11.8 Å². The molecule has 0 aromatic heterocycles. The first-order valence-electron chi connectivity index (χ1n) is 5.87. The zero-order valence-corrected chi connectivity index (χ0v) is 10.4. The Morgan fingerprint density at radius 2 is 1.84 bits per heavy atom. The van der Waals surface area contributed by atoms with Crippen LogP contribution >= 0.6 is 0 Å². The maximum absolute atomic E-state index is 13.2. The quantitative estimate of drug-likeness (QED) is 0.860.